The molecule has 2 heterocycles. The van der Waals surface area contributed by atoms with Crippen LogP contribution in [0.15, 0.2) is 18.2 Å². The summed E-state index contributed by atoms with van der Waals surface area (Å²) in [5.41, 5.74) is 0.753. The second kappa shape index (κ2) is 9.23. The summed E-state index contributed by atoms with van der Waals surface area (Å²) in [7, 11) is 0. The minimum atomic E-state index is -0.511. The highest BCUT2D eigenvalue weighted by molar-refractivity contribution is 5.98. The van der Waals surface area contributed by atoms with Crippen molar-refractivity contribution in [1.82, 2.24) is 20.0 Å². The molecule has 1 unspecified atom stereocenters. The lowest BCUT2D eigenvalue weighted by Crippen LogP contribution is -2.55. The average molecular weight is 444 g/mol. The van der Waals surface area contributed by atoms with Gasteiger partial charge in [-0.1, -0.05) is 0 Å². The van der Waals surface area contributed by atoms with Crippen LogP contribution < -0.4 is 5.32 Å². The molecule has 0 bridgehead atoms. The zero-order valence-corrected chi connectivity index (χ0v) is 18.3. The number of nitrogens with zero attached hydrogens (tertiary/aromatic N) is 4. The highest BCUT2D eigenvalue weighted by atomic mass is 16.6. The molecule has 0 aromatic heterocycles. The van der Waals surface area contributed by atoms with Crippen LogP contribution in [0.3, 0.4) is 0 Å². The largest absolute Gasteiger partial charge is 0.352 e. The van der Waals surface area contributed by atoms with E-state index in [4.69, 9.17) is 0 Å². The molecule has 4 rings (SSSR count). The van der Waals surface area contributed by atoms with E-state index in [1.54, 1.807) is 16.7 Å². The van der Waals surface area contributed by atoms with Crippen LogP contribution in [0.4, 0.5) is 5.69 Å². The van der Waals surface area contributed by atoms with Gasteiger partial charge in [0.25, 0.3) is 11.6 Å². The first-order valence-electron chi connectivity index (χ1n) is 11.2. The van der Waals surface area contributed by atoms with Crippen molar-refractivity contribution in [2.45, 2.75) is 44.7 Å². The third kappa shape index (κ3) is 4.90. The van der Waals surface area contributed by atoms with Crippen molar-refractivity contribution < 1.29 is 19.3 Å². The molecule has 1 aliphatic carbocycles. The lowest BCUT2D eigenvalue weighted by molar-refractivity contribution is -0.385. The van der Waals surface area contributed by atoms with E-state index in [9.17, 15) is 24.5 Å². The summed E-state index contributed by atoms with van der Waals surface area (Å²) in [6.45, 7) is 4.78. The number of likely N-dealkylation sites (tertiary alicyclic amines) is 1. The van der Waals surface area contributed by atoms with Gasteiger partial charge in [-0.25, -0.2) is 0 Å². The molecule has 32 heavy (non-hydrogen) atoms. The van der Waals surface area contributed by atoms with Crippen LogP contribution in [0.5, 0.6) is 0 Å². The van der Waals surface area contributed by atoms with Crippen LogP contribution in [-0.4, -0.2) is 88.7 Å². The number of aryl methyl sites for hydroxylation is 1. The molecule has 0 spiro atoms. The Kier molecular flexibility index (Phi) is 6.40. The molecular weight excluding hydrogens is 414 g/mol. The molecule has 0 radical (unpaired) electrons. The Morgan fingerprint density at radius 1 is 1.09 bits per heavy atom. The van der Waals surface area contributed by atoms with Crippen molar-refractivity contribution in [3.63, 3.8) is 0 Å². The van der Waals surface area contributed by atoms with E-state index in [2.05, 4.69) is 10.2 Å². The highest BCUT2D eigenvalue weighted by Gasteiger charge is 2.38. The van der Waals surface area contributed by atoms with Crippen molar-refractivity contribution in [3.05, 3.63) is 39.4 Å². The Morgan fingerprint density at radius 3 is 2.44 bits per heavy atom. The SMILES string of the molecule is Cc1cc(C(=O)N2CCCC2C(=O)N2CCN(CC(=O)NC3CC3)CC2)ccc1[N+](=O)[O-]. The summed E-state index contributed by atoms with van der Waals surface area (Å²) in [4.78, 5) is 54.3. The van der Waals surface area contributed by atoms with Gasteiger partial charge in [0.05, 0.1) is 11.5 Å². The topological polar surface area (TPSA) is 116 Å². The normalized spacial score (nSPS) is 21.5. The van der Waals surface area contributed by atoms with Gasteiger partial charge in [0.1, 0.15) is 6.04 Å². The number of amides is 3. The zero-order chi connectivity index (χ0) is 22.8. The number of carbonyl (C=O) groups is 3. The summed E-state index contributed by atoms with van der Waals surface area (Å²) >= 11 is 0. The quantitative estimate of drug-likeness (QED) is 0.517. The van der Waals surface area contributed by atoms with Gasteiger partial charge in [-0.2, -0.15) is 0 Å². The summed E-state index contributed by atoms with van der Waals surface area (Å²) in [5, 5.41) is 14.0. The Balaban J connectivity index is 1.34. The number of nitro groups is 1. The summed E-state index contributed by atoms with van der Waals surface area (Å²) in [6.07, 6.45) is 3.48. The zero-order valence-electron chi connectivity index (χ0n) is 18.3. The Bertz CT molecular complexity index is 923. The van der Waals surface area contributed by atoms with E-state index in [-0.39, 0.29) is 23.4 Å². The second-order valence-electron chi connectivity index (χ2n) is 8.86. The molecule has 10 heteroatoms. The lowest BCUT2D eigenvalue weighted by Gasteiger charge is -2.37. The number of hydrogen-bond donors (Lipinski definition) is 1. The fourth-order valence-electron chi connectivity index (χ4n) is 4.47. The average Bonchev–Trinajstić information content (AvgIpc) is 3.44. The van der Waals surface area contributed by atoms with Crippen molar-refractivity contribution >= 4 is 23.4 Å². The van der Waals surface area contributed by atoms with Crippen LogP contribution in [0.2, 0.25) is 0 Å². The number of benzene rings is 1. The first-order valence-corrected chi connectivity index (χ1v) is 11.2. The summed E-state index contributed by atoms with van der Waals surface area (Å²) in [5.74, 6) is -0.288. The molecule has 172 valence electrons. The predicted octanol–water partition coefficient (Wildman–Crippen LogP) is 0.931. The molecule has 2 saturated heterocycles. The molecular formula is C22H29N5O5. The van der Waals surface area contributed by atoms with Gasteiger partial charge < -0.3 is 15.1 Å². The van der Waals surface area contributed by atoms with Crippen LogP contribution in [0.25, 0.3) is 0 Å². The maximum absolute atomic E-state index is 13.2. The minimum absolute atomic E-state index is 0.0284. The van der Waals surface area contributed by atoms with Gasteiger partial charge in [0.2, 0.25) is 11.8 Å². The Morgan fingerprint density at radius 2 is 1.81 bits per heavy atom. The van der Waals surface area contributed by atoms with Gasteiger partial charge in [0.15, 0.2) is 0 Å². The first-order chi connectivity index (χ1) is 15.3. The van der Waals surface area contributed by atoms with Crippen molar-refractivity contribution in [2.75, 3.05) is 39.3 Å². The van der Waals surface area contributed by atoms with Gasteiger partial charge in [-0.05, 0) is 44.7 Å². The van der Waals surface area contributed by atoms with Crippen LogP contribution in [-0.2, 0) is 9.59 Å². The molecule has 3 amide bonds. The van der Waals surface area contributed by atoms with Gasteiger partial charge >= 0.3 is 0 Å². The van der Waals surface area contributed by atoms with E-state index in [0.29, 0.717) is 62.9 Å². The van der Waals surface area contributed by atoms with Gasteiger partial charge in [-0.15, -0.1) is 0 Å². The minimum Gasteiger partial charge on any atom is -0.352 e. The van der Waals surface area contributed by atoms with Crippen molar-refractivity contribution in [2.24, 2.45) is 0 Å². The molecule has 2 aliphatic heterocycles. The van der Waals surface area contributed by atoms with E-state index in [1.165, 1.54) is 18.2 Å². The van der Waals surface area contributed by atoms with Crippen molar-refractivity contribution in [3.8, 4) is 0 Å². The van der Waals surface area contributed by atoms with Crippen LogP contribution in [0.1, 0.15) is 41.6 Å². The van der Waals surface area contributed by atoms with E-state index < -0.39 is 11.0 Å². The number of hydrogen-bond acceptors (Lipinski definition) is 6. The summed E-state index contributed by atoms with van der Waals surface area (Å²) in [6, 6.07) is 4.15. The molecule has 3 fully saturated rings. The molecule has 1 aromatic rings. The number of nitro benzene ring substituents is 1. The molecule has 1 atom stereocenters. The monoisotopic (exact) mass is 443 g/mol. The number of rotatable bonds is 6. The molecule has 1 saturated carbocycles. The maximum Gasteiger partial charge on any atom is 0.272 e. The molecule has 1 N–H and O–H groups in total. The van der Waals surface area contributed by atoms with E-state index in [0.717, 1.165) is 19.3 Å². The second-order valence-corrected chi connectivity index (χ2v) is 8.86. The van der Waals surface area contributed by atoms with Gasteiger partial charge in [-0.3, -0.25) is 29.4 Å². The Hall–Kier alpha value is -3.01. The third-order valence-electron chi connectivity index (χ3n) is 6.43. The van der Waals surface area contributed by atoms with Gasteiger partial charge in [0, 0.05) is 56.0 Å². The standard InChI is InChI=1S/C22H29N5O5/c1-15-13-16(4-7-18(15)27(31)32)21(29)26-8-2-3-19(26)22(30)25-11-9-24(10-12-25)14-20(28)23-17-5-6-17/h4,7,13,17,19H,2-3,5-6,8-12,14H2,1H3,(H,23,28). The predicted molar refractivity (Wildman–Crippen MR) is 116 cm³/mol. The fraction of sp³-hybridized carbons (Fsp3) is 0.591. The molecule has 3 aliphatic rings. The lowest BCUT2D eigenvalue weighted by atomic mass is 10.1. The number of carbonyl (C=O) groups excluding carboxylic acids is 3. The van der Waals surface area contributed by atoms with Crippen LogP contribution in [0, 0.1) is 17.0 Å². The first kappa shape index (κ1) is 22.2. The van der Waals surface area contributed by atoms with Crippen LogP contribution >= 0.6 is 0 Å². The Labute approximate surface area is 186 Å². The number of nitrogens with one attached hydrogen (secondary N) is 1. The van der Waals surface area contributed by atoms with Crippen molar-refractivity contribution in [1.29, 1.82) is 0 Å². The molecule has 1 aromatic carbocycles. The highest BCUT2D eigenvalue weighted by Crippen LogP contribution is 2.25. The van der Waals surface area contributed by atoms with E-state index in [1.807, 2.05) is 0 Å². The van der Waals surface area contributed by atoms with E-state index >= 15 is 0 Å². The number of piperazine rings is 1. The fourth-order valence-corrected chi connectivity index (χ4v) is 4.47. The maximum atomic E-state index is 13.2. The smallest absolute Gasteiger partial charge is 0.272 e. The summed E-state index contributed by atoms with van der Waals surface area (Å²) < 4.78 is 0. The third-order valence-corrected chi connectivity index (χ3v) is 6.43. The molecule has 10 nitrogen and oxygen atoms in total.